The summed E-state index contributed by atoms with van der Waals surface area (Å²) >= 11 is 0. The van der Waals surface area contributed by atoms with Gasteiger partial charge in [-0.15, -0.1) is 0 Å². The highest BCUT2D eigenvalue weighted by Crippen LogP contribution is 2.14. The van der Waals surface area contributed by atoms with E-state index in [0.717, 1.165) is 0 Å². The van der Waals surface area contributed by atoms with Crippen LogP contribution in [-0.4, -0.2) is 21.6 Å². The van der Waals surface area contributed by atoms with E-state index in [9.17, 15) is 10.1 Å². The minimum absolute atomic E-state index is 0.250. The number of rotatable bonds is 6. The van der Waals surface area contributed by atoms with Gasteiger partial charge in [0.25, 0.3) is 0 Å². The second-order valence-electron chi connectivity index (χ2n) is 3.27. The van der Waals surface area contributed by atoms with Crippen molar-refractivity contribution in [1.82, 2.24) is 15.5 Å². The fraction of sp³-hybridized carbons (Fsp3) is 0.333. The van der Waals surface area contributed by atoms with Gasteiger partial charge < -0.3 is 14.3 Å². The summed E-state index contributed by atoms with van der Waals surface area (Å²) in [4.78, 5) is 13.7. The Morgan fingerprint density at radius 1 is 1.47 bits per heavy atom. The molecule has 0 aliphatic heterocycles. The molecule has 0 saturated heterocycles. The Morgan fingerprint density at radius 3 is 3.00 bits per heavy atom. The lowest BCUT2D eigenvalue weighted by Crippen LogP contribution is -2.16. The average molecular weight is 238 g/mol. The van der Waals surface area contributed by atoms with Crippen molar-refractivity contribution >= 4 is 5.88 Å². The zero-order chi connectivity index (χ0) is 12.1. The van der Waals surface area contributed by atoms with Crippen LogP contribution < -0.4 is 5.32 Å². The average Bonchev–Trinajstić information content (AvgIpc) is 2.96. The molecule has 2 aromatic rings. The Bertz CT molecular complexity index is 479. The monoisotopic (exact) mass is 238 g/mol. The highest BCUT2D eigenvalue weighted by Gasteiger charge is 2.11. The molecule has 0 unspecified atom stereocenters. The van der Waals surface area contributed by atoms with E-state index < -0.39 is 4.92 Å². The van der Waals surface area contributed by atoms with Gasteiger partial charge in [-0.05, 0) is 6.07 Å². The van der Waals surface area contributed by atoms with Crippen LogP contribution in [0, 0.1) is 10.1 Å². The Labute approximate surface area is 95.8 Å². The van der Waals surface area contributed by atoms with Gasteiger partial charge in [-0.1, -0.05) is 5.16 Å². The van der Waals surface area contributed by atoms with Crippen LogP contribution in [0.3, 0.4) is 0 Å². The van der Waals surface area contributed by atoms with Gasteiger partial charge in [0.15, 0.2) is 5.82 Å². The van der Waals surface area contributed by atoms with E-state index in [1.807, 2.05) is 0 Å². The minimum Gasteiger partial charge on any atom is -0.404 e. The molecule has 0 bridgehead atoms. The maximum absolute atomic E-state index is 10.4. The molecular weight excluding hydrogens is 228 g/mol. The third-order valence-electron chi connectivity index (χ3n) is 2.06. The lowest BCUT2D eigenvalue weighted by atomic mass is 10.4. The third kappa shape index (κ3) is 3.11. The summed E-state index contributed by atoms with van der Waals surface area (Å²) in [5.41, 5.74) is 0. The summed E-state index contributed by atoms with van der Waals surface area (Å²) < 4.78 is 9.55. The van der Waals surface area contributed by atoms with Crippen molar-refractivity contribution < 1.29 is 13.9 Å². The van der Waals surface area contributed by atoms with Crippen molar-refractivity contribution in [3.8, 4) is 0 Å². The van der Waals surface area contributed by atoms with Crippen LogP contribution in [0.2, 0.25) is 0 Å². The van der Waals surface area contributed by atoms with E-state index in [4.69, 9.17) is 4.42 Å². The summed E-state index contributed by atoms with van der Waals surface area (Å²) in [5.74, 6) is 0.882. The molecular formula is C9H10N4O4. The molecule has 1 N–H and O–H groups in total. The summed E-state index contributed by atoms with van der Waals surface area (Å²) in [5, 5.41) is 17.1. The van der Waals surface area contributed by atoms with Crippen molar-refractivity contribution in [2.45, 2.75) is 13.0 Å². The van der Waals surface area contributed by atoms with Crippen molar-refractivity contribution in [3.63, 3.8) is 0 Å². The van der Waals surface area contributed by atoms with Crippen LogP contribution in [0.1, 0.15) is 11.6 Å². The summed E-state index contributed by atoms with van der Waals surface area (Å²) in [6.07, 6.45) is 1.89. The number of nitro groups is 1. The molecule has 2 aromatic heterocycles. The molecule has 0 aliphatic rings. The van der Waals surface area contributed by atoms with E-state index in [1.165, 1.54) is 12.5 Å². The first-order valence-corrected chi connectivity index (χ1v) is 4.95. The summed E-state index contributed by atoms with van der Waals surface area (Å²) in [6.45, 7) is 1.06. The van der Waals surface area contributed by atoms with Crippen LogP contribution in [0.4, 0.5) is 5.88 Å². The van der Waals surface area contributed by atoms with Crippen molar-refractivity contribution in [1.29, 1.82) is 0 Å². The minimum atomic E-state index is -0.567. The molecule has 2 rings (SSSR count). The van der Waals surface area contributed by atoms with Crippen molar-refractivity contribution in [3.05, 3.63) is 40.2 Å². The van der Waals surface area contributed by atoms with E-state index >= 15 is 0 Å². The number of hydrogen-bond acceptors (Lipinski definition) is 7. The maximum atomic E-state index is 10.4. The summed E-state index contributed by atoms with van der Waals surface area (Å²) in [7, 11) is 0. The lowest BCUT2D eigenvalue weighted by Gasteiger charge is -1.98. The quantitative estimate of drug-likeness (QED) is 0.452. The molecule has 17 heavy (non-hydrogen) atoms. The molecule has 0 spiro atoms. The normalized spacial score (nSPS) is 10.6. The van der Waals surface area contributed by atoms with E-state index in [2.05, 4.69) is 20.0 Å². The van der Waals surface area contributed by atoms with Crippen LogP contribution >= 0.6 is 0 Å². The van der Waals surface area contributed by atoms with Gasteiger partial charge in [-0.2, -0.15) is 4.98 Å². The molecule has 0 saturated carbocycles. The largest absolute Gasteiger partial charge is 0.433 e. The molecule has 8 nitrogen and oxygen atoms in total. The Kier molecular flexibility index (Phi) is 3.46. The molecule has 90 valence electrons. The maximum Gasteiger partial charge on any atom is 0.433 e. The number of nitrogens with zero attached hydrogens (tertiary/aromatic N) is 3. The Hall–Kier alpha value is -2.22. The molecule has 0 atom stereocenters. The van der Waals surface area contributed by atoms with Crippen molar-refractivity contribution in [2.75, 3.05) is 6.54 Å². The predicted octanol–water partition coefficient (Wildman–Crippen LogP) is 0.903. The third-order valence-corrected chi connectivity index (χ3v) is 2.06. The number of furan rings is 1. The molecule has 0 fully saturated rings. The molecule has 0 radical (unpaired) electrons. The van der Waals surface area contributed by atoms with E-state index in [1.54, 1.807) is 6.07 Å². The first-order valence-electron chi connectivity index (χ1n) is 4.95. The molecule has 2 heterocycles. The van der Waals surface area contributed by atoms with E-state index in [0.29, 0.717) is 31.1 Å². The fourth-order valence-corrected chi connectivity index (χ4v) is 1.27. The Balaban J connectivity index is 1.72. The molecule has 8 heteroatoms. The van der Waals surface area contributed by atoms with Gasteiger partial charge in [0.1, 0.15) is 10.7 Å². The highest BCUT2D eigenvalue weighted by atomic mass is 16.6. The SMILES string of the molecule is O=[N+]([O-])c1ccc(CNCCc2ncon2)o1. The number of aromatic nitrogens is 2. The zero-order valence-corrected chi connectivity index (χ0v) is 8.83. The predicted molar refractivity (Wildman–Crippen MR) is 55.1 cm³/mol. The second kappa shape index (κ2) is 5.21. The van der Waals surface area contributed by atoms with E-state index in [-0.39, 0.29) is 5.88 Å². The smallest absolute Gasteiger partial charge is 0.404 e. The fourth-order valence-electron chi connectivity index (χ4n) is 1.27. The van der Waals surface area contributed by atoms with Crippen molar-refractivity contribution in [2.24, 2.45) is 0 Å². The first-order chi connectivity index (χ1) is 8.25. The first kappa shape index (κ1) is 11.3. The van der Waals surface area contributed by atoms with Gasteiger partial charge in [0.05, 0.1) is 12.6 Å². The van der Waals surface area contributed by atoms with Gasteiger partial charge in [0.2, 0.25) is 6.39 Å². The van der Waals surface area contributed by atoms with Gasteiger partial charge in [0, 0.05) is 13.0 Å². The lowest BCUT2D eigenvalue weighted by molar-refractivity contribution is -0.402. The highest BCUT2D eigenvalue weighted by molar-refractivity contribution is 5.17. The molecule has 0 aromatic carbocycles. The van der Waals surface area contributed by atoms with Gasteiger partial charge >= 0.3 is 5.88 Å². The molecule has 0 amide bonds. The molecule has 0 aliphatic carbocycles. The zero-order valence-electron chi connectivity index (χ0n) is 8.83. The van der Waals surface area contributed by atoms with Crippen LogP contribution in [0.5, 0.6) is 0 Å². The van der Waals surface area contributed by atoms with Gasteiger partial charge in [-0.3, -0.25) is 10.1 Å². The number of hydrogen-bond donors (Lipinski definition) is 1. The standard InChI is InChI=1S/C9H10N4O4/c14-13(15)9-2-1-7(17-9)5-10-4-3-8-11-6-16-12-8/h1-2,6,10H,3-5H2. The van der Waals surface area contributed by atoms with Gasteiger partial charge in [-0.25, -0.2) is 0 Å². The number of nitrogens with one attached hydrogen (secondary N) is 1. The second-order valence-corrected chi connectivity index (χ2v) is 3.27. The van der Waals surface area contributed by atoms with Crippen LogP contribution in [-0.2, 0) is 13.0 Å². The van der Waals surface area contributed by atoms with Crippen LogP contribution in [0.25, 0.3) is 0 Å². The Morgan fingerprint density at radius 2 is 2.35 bits per heavy atom. The topological polar surface area (TPSA) is 107 Å². The van der Waals surface area contributed by atoms with Crippen LogP contribution in [0.15, 0.2) is 27.5 Å². The summed E-state index contributed by atoms with van der Waals surface area (Å²) in [6, 6.07) is 2.90.